The smallest absolute Gasteiger partial charge is 0.165 e. The number of hydrogen-bond donors (Lipinski definition) is 0. The maximum Gasteiger partial charge on any atom is 0.165 e. The molecule has 0 amide bonds. The molecule has 0 spiro atoms. The lowest BCUT2D eigenvalue weighted by Crippen LogP contribution is -2.34. The molecule has 0 aliphatic heterocycles. The Morgan fingerprint density at radius 3 is 2.89 bits per heavy atom. The molecule has 0 bridgehead atoms. The summed E-state index contributed by atoms with van der Waals surface area (Å²) in [5, 5.41) is 12.0. The third kappa shape index (κ3) is 3.16. The van der Waals surface area contributed by atoms with Crippen LogP contribution < -0.4 is 0 Å². The molecular formula is C13H23N5. The number of aryl methyl sites for hydroxylation is 1. The Hall–Kier alpha value is -1.23. The molecule has 0 saturated heterocycles. The average molecular weight is 249 g/mol. The summed E-state index contributed by atoms with van der Waals surface area (Å²) in [6.07, 6.45) is 8.32. The van der Waals surface area contributed by atoms with Gasteiger partial charge in [-0.1, -0.05) is 25.8 Å². The minimum Gasteiger partial charge on any atom is -0.289 e. The molecule has 0 atom stereocenters. The quantitative estimate of drug-likeness (QED) is 0.694. The fraction of sp³-hybridized carbons (Fsp3) is 0.769. The van der Waals surface area contributed by atoms with E-state index >= 15 is 0 Å². The van der Waals surface area contributed by atoms with Crippen LogP contribution in [-0.2, 0) is 13.1 Å². The van der Waals surface area contributed by atoms with Crippen molar-refractivity contribution in [2.75, 3.05) is 6.54 Å². The molecule has 0 unspecified atom stereocenters. The van der Waals surface area contributed by atoms with Gasteiger partial charge in [0.1, 0.15) is 0 Å². The van der Waals surface area contributed by atoms with Crippen LogP contribution in [0.25, 0.3) is 0 Å². The molecule has 18 heavy (non-hydrogen) atoms. The highest BCUT2D eigenvalue weighted by molar-refractivity contribution is 4.88. The highest BCUT2D eigenvalue weighted by Crippen LogP contribution is 2.24. The molecule has 1 aromatic rings. The summed E-state index contributed by atoms with van der Waals surface area (Å²) in [6.45, 7) is 8.66. The minimum atomic E-state index is 0.676. The lowest BCUT2D eigenvalue weighted by atomic mass is 10.2. The van der Waals surface area contributed by atoms with Gasteiger partial charge in [0.2, 0.25) is 0 Å². The molecule has 0 radical (unpaired) electrons. The van der Waals surface area contributed by atoms with Crippen molar-refractivity contribution in [3.63, 3.8) is 0 Å². The number of tetrazole rings is 1. The Kier molecular flexibility index (Phi) is 4.87. The van der Waals surface area contributed by atoms with Crippen molar-refractivity contribution < 1.29 is 0 Å². The molecule has 1 fully saturated rings. The maximum absolute atomic E-state index is 4.15. The second kappa shape index (κ2) is 6.64. The van der Waals surface area contributed by atoms with Crippen LogP contribution in [0.1, 0.15) is 44.9 Å². The van der Waals surface area contributed by atoms with Gasteiger partial charge in [0, 0.05) is 19.1 Å². The van der Waals surface area contributed by atoms with E-state index in [1.54, 1.807) is 0 Å². The van der Waals surface area contributed by atoms with Crippen molar-refractivity contribution in [3.8, 4) is 0 Å². The van der Waals surface area contributed by atoms with Gasteiger partial charge < -0.3 is 0 Å². The summed E-state index contributed by atoms with van der Waals surface area (Å²) in [4.78, 5) is 2.46. The first-order valence-electron chi connectivity index (χ1n) is 6.95. The lowest BCUT2D eigenvalue weighted by molar-refractivity contribution is 0.202. The van der Waals surface area contributed by atoms with E-state index in [0.29, 0.717) is 6.04 Å². The van der Waals surface area contributed by atoms with E-state index in [1.807, 2.05) is 10.8 Å². The normalized spacial score (nSPS) is 16.6. The van der Waals surface area contributed by atoms with E-state index in [1.165, 1.54) is 25.7 Å². The molecular weight excluding hydrogens is 226 g/mol. The first-order chi connectivity index (χ1) is 8.85. The van der Waals surface area contributed by atoms with Gasteiger partial charge in [-0.15, -0.1) is 11.7 Å². The fourth-order valence-electron chi connectivity index (χ4n) is 2.68. The van der Waals surface area contributed by atoms with Gasteiger partial charge in [0.25, 0.3) is 0 Å². The topological polar surface area (TPSA) is 46.8 Å². The molecule has 5 heteroatoms. The van der Waals surface area contributed by atoms with Crippen molar-refractivity contribution in [2.24, 2.45) is 0 Å². The zero-order valence-electron chi connectivity index (χ0n) is 11.3. The van der Waals surface area contributed by atoms with Crippen LogP contribution in [0.15, 0.2) is 12.7 Å². The molecule has 2 rings (SSSR count). The van der Waals surface area contributed by atoms with Crippen LogP contribution in [0.4, 0.5) is 0 Å². The summed E-state index contributed by atoms with van der Waals surface area (Å²) >= 11 is 0. The van der Waals surface area contributed by atoms with Gasteiger partial charge in [-0.2, -0.15) is 0 Å². The molecule has 1 aromatic heterocycles. The molecule has 100 valence electrons. The highest BCUT2D eigenvalue weighted by atomic mass is 15.5. The largest absolute Gasteiger partial charge is 0.289 e. The van der Waals surface area contributed by atoms with Gasteiger partial charge in [-0.05, 0) is 29.7 Å². The summed E-state index contributed by atoms with van der Waals surface area (Å²) < 4.78 is 1.92. The van der Waals surface area contributed by atoms with Crippen molar-refractivity contribution in [1.82, 2.24) is 25.1 Å². The SMILES string of the molecule is C=CCN(Cc1nnnn1CCC)C1CCCC1. The number of hydrogen-bond acceptors (Lipinski definition) is 4. The van der Waals surface area contributed by atoms with Gasteiger partial charge >= 0.3 is 0 Å². The third-order valence-electron chi connectivity index (χ3n) is 3.59. The van der Waals surface area contributed by atoms with Crippen LogP contribution in [0.5, 0.6) is 0 Å². The van der Waals surface area contributed by atoms with Crippen LogP contribution >= 0.6 is 0 Å². The molecule has 0 aromatic carbocycles. The lowest BCUT2D eigenvalue weighted by Gasteiger charge is -2.26. The molecule has 1 saturated carbocycles. The van der Waals surface area contributed by atoms with Crippen molar-refractivity contribution in [3.05, 3.63) is 18.5 Å². The van der Waals surface area contributed by atoms with Gasteiger partial charge in [-0.3, -0.25) is 4.90 Å². The van der Waals surface area contributed by atoms with E-state index in [0.717, 1.165) is 31.9 Å². The van der Waals surface area contributed by atoms with Crippen molar-refractivity contribution in [1.29, 1.82) is 0 Å². The van der Waals surface area contributed by atoms with E-state index < -0.39 is 0 Å². The number of nitrogens with zero attached hydrogens (tertiary/aromatic N) is 5. The second-order valence-electron chi connectivity index (χ2n) is 4.97. The Morgan fingerprint density at radius 2 is 2.22 bits per heavy atom. The van der Waals surface area contributed by atoms with Gasteiger partial charge in [0.05, 0.1) is 6.54 Å². The third-order valence-corrected chi connectivity index (χ3v) is 3.59. The Labute approximate surface area is 109 Å². The van der Waals surface area contributed by atoms with Gasteiger partial charge in [-0.25, -0.2) is 4.68 Å². The Balaban J connectivity index is 2.02. The molecule has 5 nitrogen and oxygen atoms in total. The maximum atomic E-state index is 4.15. The van der Waals surface area contributed by atoms with Crippen molar-refractivity contribution in [2.45, 2.75) is 58.2 Å². The first-order valence-corrected chi connectivity index (χ1v) is 6.95. The minimum absolute atomic E-state index is 0.676. The summed E-state index contributed by atoms with van der Waals surface area (Å²) in [6, 6.07) is 0.676. The van der Waals surface area contributed by atoms with E-state index in [9.17, 15) is 0 Å². The molecule has 0 N–H and O–H groups in total. The summed E-state index contributed by atoms with van der Waals surface area (Å²) in [7, 11) is 0. The van der Waals surface area contributed by atoms with Crippen LogP contribution in [0, 0.1) is 0 Å². The summed E-state index contributed by atoms with van der Waals surface area (Å²) in [5.41, 5.74) is 0. The average Bonchev–Trinajstić information content (AvgIpc) is 3.01. The zero-order chi connectivity index (χ0) is 12.8. The Morgan fingerprint density at radius 1 is 1.44 bits per heavy atom. The van der Waals surface area contributed by atoms with Crippen LogP contribution in [0.3, 0.4) is 0 Å². The Bertz CT molecular complexity index is 367. The monoisotopic (exact) mass is 249 g/mol. The predicted octanol–water partition coefficient (Wildman–Crippen LogP) is 2.01. The fourth-order valence-corrected chi connectivity index (χ4v) is 2.68. The van der Waals surface area contributed by atoms with E-state index in [-0.39, 0.29) is 0 Å². The summed E-state index contributed by atoms with van der Waals surface area (Å²) in [5.74, 6) is 0.977. The zero-order valence-corrected chi connectivity index (χ0v) is 11.3. The van der Waals surface area contributed by atoms with Gasteiger partial charge in [0.15, 0.2) is 5.82 Å². The first kappa shape index (κ1) is 13.2. The standard InChI is InChI=1S/C13H23N5/c1-3-9-17(12-7-5-6-8-12)11-13-14-15-16-18(13)10-4-2/h3,12H,1,4-11H2,2H3. The number of aromatic nitrogens is 4. The van der Waals surface area contributed by atoms with E-state index in [4.69, 9.17) is 0 Å². The predicted molar refractivity (Wildman–Crippen MR) is 71.0 cm³/mol. The molecule has 1 aliphatic carbocycles. The van der Waals surface area contributed by atoms with Crippen molar-refractivity contribution >= 4 is 0 Å². The van der Waals surface area contributed by atoms with E-state index in [2.05, 4.69) is 33.9 Å². The molecule has 1 aliphatic rings. The van der Waals surface area contributed by atoms with Crippen LogP contribution in [-0.4, -0.2) is 37.7 Å². The van der Waals surface area contributed by atoms with Crippen LogP contribution in [0.2, 0.25) is 0 Å². The molecule has 1 heterocycles. The second-order valence-corrected chi connectivity index (χ2v) is 4.97. The highest BCUT2D eigenvalue weighted by Gasteiger charge is 2.23. The number of rotatable bonds is 7.